The molecule has 0 radical (unpaired) electrons. The van der Waals surface area contributed by atoms with E-state index in [1.54, 1.807) is 31.2 Å². The van der Waals surface area contributed by atoms with Gasteiger partial charge in [0.15, 0.2) is 16.4 Å². The lowest BCUT2D eigenvalue weighted by Gasteiger charge is -2.23. The van der Waals surface area contributed by atoms with Crippen LogP contribution in [0.1, 0.15) is 23.7 Å². The first-order valence-corrected chi connectivity index (χ1v) is 9.91. The van der Waals surface area contributed by atoms with Crippen molar-refractivity contribution in [3.05, 3.63) is 42.0 Å². The molecule has 2 N–H and O–H groups in total. The number of carbonyl (C=O) groups excluding carboxylic acids is 2. The Labute approximate surface area is 150 Å². The van der Waals surface area contributed by atoms with Crippen molar-refractivity contribution in [3.63, 3.8) is 0 Å². The van der Waals surface area contributed by atoms with Crippen LogP contribution in [0.2, 0.25) is 0 Å². The zero-order chi connectivity index (χ0) is 18.9. The third kappa shape index (κ3) is 3.80. The minimum Gasteiger partial charge on any atom is -0.506 e. The topological polar surface area (TPSA) is 110 Å². The Hall–Kier alpha value is -2.61. The number of sulfone groups is 1. The fraction of sp³-hybridized carbons (Fsp3) is 0.333. The number of hydrogen-bond acceptors (Lipinski definition) is 6. The number of phenols is 1. The molecule has 1 heterocycles. The standard InChI is InChI=1S/C18H19NO6S/c1-18(8-9-26(23,24)11-18)19-15(20)10-25-17(22)14-7-6-12-4-2-3-5-13(12)16(14)21/h2-7,21H,8-11H2,1H3,(H,19,20). The van der Waals surface area contributed by atoms with E-state index in [-0.39, 0.29) is 22.8 Å². The molecule has 1 fully saturated rings. The Morgan fingerprint density at radius 3 is 2.65 bits per heavy atom. The summed E-state index contributed by atoms with van der Waals surface area (Å²) in [6.45, 7) is 1.09. The highest BCUT2D eigenvalue weighted by atomic mass is 32.2. The van der Waals surface area contributed by atoms with Crippen LogP contribution in [-0.2, 0) is 19.4 Å². The molecule has 1 saturated heterocycles. The Balaban J connectivity index is 1.64. The molecule has 1 aliphatic rings. The Bertz CT molecular complexity index is 984. The summed E-state index contributed by atoms with van der Waals surface area (Å²) in [7, 11) is -3.16. The predicted octanol–water partition coefficient (Wildman–Crippen LogP) is 1.40. The van der Waals surface area contributed by atoms with Crippen LogP contribution in [0.15, 0.2) is 36.4 Å². The highest BCUT2D eigenvalue weighted by Crippen LogP contribution is 2.29. The van der Waals surface area contributed by atoms with Crippen LogP contribution < -0.4 is 5.32 Å². The molecule has 8 heteroatoms. The van der Waals surface area contributed by atoms with Crippen LogP contribution in [0.5, 0.6) is 5.75 Å². The number of phenolic OH excluding ortho intramolecular Hbond substituents is 1. The fourth-order valence-corrected chi connectivity index (χ4v) is 5.20. The van der Waals surface area contributed by atoms with Gasteiger partial charge in [-0.05, 0) is 24.8 Å². The van der Waals surface area contributed by atoms with Gasteiger partial charge in [0.25, 0.3) is 5.91 Å². The van der Waals surface area contributed by atoms with Gasteiger partial charge in [0.1, 0.15) is 11.3 Å². The maximum Gasteiger partial charge on any atom is 0.342 e. The van der Waals surface area contributed by atoms with Crippen LogP contribution in [0, 0.1) is 0 Å². The molecule has 3 rings (SSSR count). The first-order valence-electron chi connectivity index (χ1n) is 8.08. The molecule has 0 saturated carbocycles. The van der Waals surface area contributed by atoms with Crippen molar-refractivity contribution in [1.82, 2.24) is 5.32 Å². The molecule has 2 aromatic carbocycles. The third-order valence-electron chi connectivity index (χ3n) is 4.40. The van der Waals surface area contributed by atoms with Crippen molar-refractivity contribution in [2.75, 3.05) is 18.1 Å². The highest BCUT2D eigenvalue weighted by Gasteiger charge is 2.39. The number of esters is 1. The maximum absolute atomic E-state index is 12.2. The average molecular weight is 377 g/mol. The number of rotatable bonds is 4. The molecular formula is C18H19NO6S. The van der Waals surface area contributed by atoms with Crippen molar-refractivity contribution in [3.8, 4) is 5.75 Å². The molecule has 1 atom stereocenters. The molecule has 1 aliphatic heterocycles. The van der Waals surface area contributed by atoms with E-state index in [1.165, 1.54) is 6.07 Å². The van der Waals surface area contributed by atoms with Crippen molar-refractivity contribution in [1.29, 1.82) is 0 Å². The third-order valence-corrected chi connectivity index (χ3v) is 6.30. The molecule has 2 aromatic rings. The molecule has 138 valence electrons. The van der Waals surface area contributed by atoms with E-state index < -0.39 is 33.9 Å². The van der Waals surface area contributed by atoms with Gasteiger partial charge in [0.2, 0.25) is 0 Å². The van der Waals surface area contributed by atoms with Gasteiger partial charge in [-0.15, -0.1) is 0 Å². The van der Waals surface area contributed by atoms with Gasteiger partial charge in [-0.25, -0.2) is 13.2 Å². The molecule has 1 unspecified atom stereocenters. The smallest absolute Gasteiger partial charge is 0.342 e. The van der Waals surface area contributed by atoms with E-state index in [2.05, 4.69) is 5.32 Å². The molecule has 0 bridgehead atoms. The lowest BCUT2D eigenvalue weighted by Crippen LogP contribution is -2.48. The summed E-state index contributed by atoms with van der Waals surface area (Å²) in [5.74, 6) is -1.73. The van der Waals surface area contributed by atoms with E-state index in [9.17, 15) is 23.1 Å². The molecule has 0 aromatic heterocycles. The van der Waals surface area contributed by atoms with Gasteiger partial charge in [-0.3, -0.25) is 4.79 Å². The van der Waals surface area contributed by atoms with Crippen LogP contribution in [0.4, 0.5) is 0 Å². The molecule has 0 aliphatic carbocycles. The zero-order valence-electron chi connectivity index (χ0n) is 14.2. The highest BCUT2D eigenvalue weighted by molar-refractivity contribution is 7.91. The van der Waals surface area contributed by atoms with E-state index in [1.807, 2.05) is 6.07 Å². The number of ether oxygens (including phenoxy) is 1. The second-order valence-corrected chi connectivity index (χ2v) is 8.89. The van der Waals surface area contributed by atoms with Crippen LogP contribution in [-0.4, -0.2) is 49.1 Å². The molecule has 26 heavy (non-hydrogen) atoms. The van der Waals surface area contributed by atoms with Crippen LogP contribution in [0.3, 0.4) is 0 Å². The summed E-state index contributed by atoms with van der Waals surface area (Å²) >= 11 is 0. The number of fused-ring (bicyclic) bond motifs is 1. The van der Waals surface area contributed by atoms with E-state index in [0.29, 0.717) is 11.8 Å². The van der Waals surface area contributed by atoms with Crippen molar-refractivity contribution < 1.29 is 27.9 Å². The normalized spacial score (nSPS) is 21.4. The number of aromatic hydroxyl groups is 1. The summed E-state index contributed by atoms with van der Waals surface area (Å²) in [6, 6.07) is 10.1. The summed E-state index contributed by atoms with van der Waals surface area (Å²) in [5, 5.41) is 14.1. The maximum atomic E-state index is 12.2. The van der Waals surface area contributed by atoms with Crippen LogP contribution >= 0.6 is 0 Å². The Morgan fingerprint density at radius 1 is 1.23 bits per heavy atom. The largest absolute Gasteiger partial charge is 0.506 e. The monoisotopic (exact) mass is 377 g/mol. The second kappa shape index (κ2) is 6.60. The predicted molar refractivity (Wildman–Crippen MR) is 95.7 cm³/mol. The number of carbonyl (C=O) groups is 2. The second-order valence-electron chi connectivity index (χ2n) is 6.71. The molecule has 1 amide bonds. The number of benzene rings is 2. The van der Waals surface area contributed by atoms with Gasteiger partial charge in [0.05, 0.1) is 17.0 Å². The summed E-state index contributed by atoms with van der Waals surface area (Å²) < 4.78 is 28.1. The van der Waals surface area contributed by atoms with E-state index in [0.717, 1.165) is 5.39 Å². The zero-order valence-corrected chi connectivity index (χ0v) is 15.0. The van der Waals surface area contributed by atoms with Gasteiger partial charge < -0.3 is 15.2 Å². The van der Waals surface area contributed by atoms with E-state index in [4.69, 9.17) is 4.74 Å². The fourth-order valence-electron chi connectivity index (χ4n) is 3.11. The average Bonchev–Trinajstić information content (AvgIpc) is 2.86. The first-order chi connectivity index (χ1) is 12.2. The number of amides is 1. The Morgan fingerprint density at radius 2 is 1.96 bits per heavy atom. The quantitative estimate of drug-likeness (QED) is 0.780. The first kappa shape index (κ1) is 18.2. The van der Waals surface area contributed by atoms with Gasteiger partial charge in [0, 0.05) is 5.39 Å². The van der Waals surface area contributed by atoms with Crippen molar-refractivity contribution in [2.45, 2.75) is 18.9 Å². The molecule has 7 nitrogen and oxygen atoms in total. The summed E-state index contributed by atoms with van der Waals surface area (Å²) in [5.41, 5.74) is -0.890. The SMILES string of the molecule is CC1(NC(=O)COC(=O)c2ccc3ccccc3c2O)CCS(=O)(=O)C1. The minimum absolute atomic E-state index is 0.0224. The summed E-state index contributed by atoms with van der Waals surface area (Å²) in [6.07, 6.45) is 0.320. The molecule has 0 spiro atoms. The van der Waals surface area contributed by atoms with Crippen molar-refractivity contribution in [2.24, 2.45) is 0 Å². The van der Waals surface area contributed by atoms with Gasteiger partial charge >= 0.3 is 5.97 Å². The van der Waals surface area contributed by atoms with Crippen LogP contribution in [0.25, 0.3) is 10.8 Å². The summed E-state index contributed by atoms with van der Waals surface area (Å²) in [4.78, 5) is 24.2. The number of nitrogens with one attached hydrogen (secondary N) is 1. The number of hydrogen-bond donors (Lipinski definition) is 2. The van der Waals surface area contributed by atoms with E-state index >= 15 is 0 Å². The minimum atomic E-state index is -3.16. The molecular weight excluding hydrogens is 358 g/mol. The Kier molecular flexibility index (Phi) is 4.62. The van der Waals surface area contributed by atoms with Gasteiger partial charge in [-0.1, -0.05) is 30.3 Å². The van der Waals surface area contributed by atoms with Crippen molar-refractivity contribution >= 4 is 32.5 Å². The van der Waals surface area contributed by atoms with Gasteiger partial charge in [-0.2, -0.15) is 0 Å². The lowest BCUT2D eigenvalue weighted by atomic mass is 10.0. The lowest BCUT2D eigenvalue weighted by molar-refractivity contribution is -0.125.